The Bertz CT molecular complexity index is 824. The van der Waals surface area contributed by atoms with Crippen LogP contribution in [-0.4, -0.2) is 46.1 Å². The molecule has 0 spiro atoms. The zero-order valence-electron chi connectivity index (χ0n) is 35.4. The number of aliphatic hydroxyl groups is 3. The highest BCUT2D eigenvalue weighted by atomic mass is 16.3. The van der Waals surface area contributed by atoms with Gasteiger partial charge in [0.15, 0.2) is 0 Å². The lowest BCUT2D eigenvalue weighted by Gasteiger charge is -2.20. The van der Waals surface area contributed by atoms with Crippen LogP contribution in [0.2, 0.25) is 0 Å². The Labute approximate surface area is 330 Å². The van der Waals surface area contributed by atoms with E-state index in [1.165, 1.54) is 167 Å². The number of aliphatic hydroxyl groups excluding tert-OH is 3. The second-order valence-electron chi connectivity index (χ2n) is 16.0. The summed E-state index contributed by atoms with van der Waals surface area (Å²) in [6.45, 7) is 4.21. The molecule has 1 amide bonds. The molecule has 3 atom stereocenters. The smallest absolute Gasteiger partial charge is 0.222 e. The Hall–Kier alpha value is -1.43. The molecule has 0 aliphatic carbocycles. The van der Waals surface area contributed by atoms with Crippen molar-refractivity contribution in [3.8, 4) is 0 Å². The zero-order chi connectivity index (χ0) is 38.7. The predicted octanol–water partition coefficient (Wildman–Crippen LogP) is 13.5. The first-order valence-electron chi connectivity index (χ1n) is 23.3. The van der Waals surface area contributed by atoms with E-state index in [2.05, 4.69) is 43.5 Å². The van der Waals surface area contributed by atoms with Crippen molar-refractivity contribution in [3.63, 3.8) is 0 Å². The maximum absolute atomic E-state index is 12.4. The van der Waals surface area contributed by atoms with Crippen molar-refractivity contribution in [1.29, 1.82) is 0 Å². The maximum Gasteiger partial charge on any atom is 0.222 e. The van der Waals surface area contributed by atoms with Crippen LogP contribution in [0.3, 0.4) is 0 Å². The van der Waals surface area contributed by atoms with Crippen molar-refractivity contribution in [2.75, 3.05) is 6.61 Å². The average molecular weight is 746 g/mol. The minimum atomic E-state index is -0.953. The summed E-state index contributed by atoms with van der Waals surface area (Å²) in [5.74, 6) is -0.329. The third kappa shape index (κ3) is 40.1. The highest BCUT2D eigenvalue weighted by molar-refractivity contribution is 5.76. The molecular formula is C48H91NO4. The van der Waals surface area contributed by atoms with Crippen LogP contribution in [0.4, 0.5) is 0 Å². The number of carbonyl (C=O) groups is 1. The van der Waals surface area contributed by atoms with Gasteiger partial charge in [0.1, 0.15) is 0 Å². The Morgan fingerprint density at radius 1 is 0.472 bits per heavy atom. The lowest BCUT2D eigenvalue weighted by atomic mass is 10.0. The molecule has 0 aliphatic heterocycles. The van der Waals surface area contributed by atoms with Gasteiger partial charge in [-0.15, -0.1) is 0 Å². The number of nitrogens with one attached hydrogen (secondary N) is 1. The van der Waals surface area contributed by atoms with Crippen LogP contribution in [0, 0.1) is 0 Å². The van der Waals surface area contributed by atoms with Crippen LogP contribution in [0.5, 0.6) is 0 Å². The number of allylic oxidation sites excluding steroid dienone is 5. The average Bonchev–Trinajstić information content (AvgIpc) is 3.15. The first-order chi connectivity index (χ1) is 26.0. The molecular weight excluding hydrogens is 655 g/mol. The Morgan fingerprint density at radius 3 is 1.21 bits per heavy atom. The molecule has 0 radical (unpaired) electrons. The molecule has 3 unspecified atom stereocenters. The molecule has 0 aliphatic rings. The molecule has 4 N–H and O–H groups in total. The van der Waals surface area contributed by atoms with Crippen LogP contribution < -0.4 is 5.32 Å². The molecule has 0 aromatic rings. The second kappa shape index (κ2) is 43.3. The molecule has 0 aromatic carbocycles. The van der Waals surface area contributed by atoms with E-state index in [9.17, 15) is 20.1 Å². The Morgan fingerprint density at radius 2 is 0.811 bits per heavy atom. The van der Waals surface area contributed by atoms with Gasteiger partial charge in [0.2, 0.25) is 5.91 Å². The highest BCUT2D eigenvalue weighted by Gasteiger charge is 2.20. The molecule has 5 heteroatoms. The molecule has 5 nitrogen and oxygen atoms in total. The summed E-state index contributed by atoms with van der Waals surface area (Å²) in [7, 11) is 0. The normalized spacial score (nSPS) is 13.8. The lowest BCUT2D eigenvalue weighted by Crippen LogP contribution is -2.45. The molecule has 0 saturated carbocycles. The predicted molar refractivity (Wildman–Crippen MR) is 231 cm³/mol. The lowest BCUT2D eigenvalue weighted by molar-refractivity contribution is -0.124. The first-order valence-corrected chi connectivity index (χ1v) is 23.3. The monoisotopic (exact) mass is 746 g/mol. The summed E-state index contributed by atoms with van der Waals surface area (Å²) in [4.78, 5) is 12.4. The van der Waals surface area contributed by atoms with Gasteiger partial charge in [0, 0.05) is 0 Å². The van der Waals surface area contributed by atoms with Gasteiger partial charge in [-0.1, -0.05) is 211 Å². The summed E-state index contributed by atoms with van der Waals surface area (Å²) in [5, 5.41) is 33.2. The van der Waals surface area contributed by atoms with Crippen molar-refractivity contribution in [3.05, 3.63) is 36.5 Å². The van der Waals surface area contributed by atoms with E-state index in [0.29, 0.717) is 6.42 Å². The van der Waals surface area contributed by atoms with E-state index in [1.54, 1.807) is 6.08 Å². The minimum Gasteiger partial charge on any atom is -0.394 e. The number of amides is 1. The fourth-order valence-electron chi connectivity index (χ4n) is 7.06. The topological polar surface area (TPSA) is 89.8 Å². The summed E-state index contributed by atoms with van der Waals surface area (Å²) in [6, 6.07) is -0.763. The van der Waals surface area contributed by atoms with E-state index in [0.717, 1.165) is 44.9 Å². The largest absolute Gasteiger partial charge is 0.394 e. The summed E-state index contributed by atoms with van der Waals surface area (Å²) in [5.41, 5.74) is 0. The fourth-order valence-corrected chi connectivity index (χ4v) is 7.06. The van der Waals surface area contributed by atoms with Crippen molar-refractivity contribution in [1.82, 2.24) is 5.32 Å². The van der Waals surface area contributed by atoms with Gasteiger partial charge in [-0.3, -0.25) is 4.79 Å². The van der Waals surface area contributed by atoms with E-state index in [1.807, 2.05) is 6.08 Å². The molecule has 53 heavy (non-hydrogen) atoms. The summed E-state index contributed by atoms with van der Waals surface area (Å²) in [6.07, 6.45) is 54.4. The van der Waals surface area contributed by atoms with Crippen molar-refractivity contribution < 1.29 is 20.1 Å². The number of carbonyl (C=O) groups excluding carboxylic acids is 1. The maximum atomic E-state index is 12.4. The van der Waals surface area contributed by atoms with Crippen LogP contribution in [0.1, 0.15) is 239 Å². The standard InChI is InChI=1S/C48H91NO4/c1-3-5-7-9-11-13-15-17-19-21-22-23-24-26-28-30-32-34-36-38-40-42-47(52)46(44-50)49-48(53)43-45(51)41-39-37-35-33-31-29-27-25-20-18-16-14-12-10-8-6-4-2/h25,27,32,34,40,42,45-47,50-52H,3-24,26,28-31,33,35-39,41,43-44H2,1-2H3,(H,49,53)/b27-25-,34-32+,42-40+. The first kappa shape index (κ1) is 51.6. The molecule has 0 saturated heterocycles. The number of hydrogen-bond donors (Lipinski definition) is 4. The number of hydrogen-bond acceptors (Lipinski definition) is 4. The van der Waals surface area contributed by atoms with Gasteiger partial charge in [-0.2, -0.15) is 0 Å². The molecule has 0 rings (SSSR count). The van der Waals surface area contributed by atoms with Crippen LogP contribution in [0.15, 0.2) is 36.5 Å². The summed E-state index contributed by atoms with van der Waals surface area (Å²) >= 11 is 0. The molecule has 312 valence electrons. The fraction of sp³-hybridized carbons (Fsp3) is 0.854. The number of unbranched alkanes of at least 4 members (excludes halogenated alkanes) is 29. The molecule has 0 fully saturated rings. The van der Waals surface area contributed by atoms with E-state index in [4.69, 9.17) is 0 Å². The Kier molecular flexibility index (Phi) is 42.1. The van der Waals surface area contributed by atoms with Crippen LogP contribution >= 0.6 is 0 Å². The van der Waals surface area contributed by atoms with Crippen molar-refractivity contribution in [2.45, 2.75) is 257 Å². The van der Waals surface area contributed by atoms with E-state index < -0.39 is 18.2 Å². The van der Waals surface area contributed by atoms with E-state index >= 15 is 0 Å². The second-order valence-corrected chi connectivity index (χ2v) is 16.0. The van der Waals surface area contributed by atoms with Gasteiger partial charge >= 0.3 is 0 Å². The Balaban J connectivity index is 3.70. The SMILES string of the molecule is CCCCCCCCCC/C=C\CCCCCCCC(O)CC(=O)NC(CO)C(O)/C=C/CC/C=C/CCCCCCCCCCCCCCCCC. The number of rotatable bonds is 42. The molecule has 0 bridgehead atoms. The third-order valence-electron chi connectivity index (χ3n) is 10.6. The molecule has 0 heterocycles. The van der Waals surface area contributed by atoms with Crippen molar-refractivity contribution in [2.24, 2.45) is 0 Å². The minimum absolute atomic E-state index is 0.000732. The van der Waals surface area contributed by atoms with Crippen LogP contribution in [0.25, 0.3) is 0 Å². The van der Waals surface area contributed by atoms with Gasteiger partial charge in [0.25, 0.3) is 0 Å². The van der Waals surface area contributed by atoms with Crippen LogP contribution in [-0.2, 0) is 4.79 Å². The van der Waals surface area contributed by atoms with Gasteiger partial charge in [0.05, 0.1) is 31.3 Å². The van der Waals surface area contributed by atoms with Gasteiger partial charge in [-0.25, -0.2) is 0 Å². The van der Waals surface area contributed by atoms with Crippen molar-refractivity contribution >= 4 is 5.91 Å². The summed E-state index contributed by atoms with van der Waals surface area (Å²) < 4.78 is 0. The van der Waals surface area contributed by atoms with E-state index in [-0.39, 0.29) is 18.9 Å². The van der Waals surface area contributed by atoms with Gasteiger partial charge < -0.3 is 20.6 Å². The highest BCUT2D eigenvalue weighted by Crippen LogP contribution is 2.15. The zero-order valence-corrected chi connectivity index (χ0v) is 35.4. The quantitative estimate of drug-likeness (QED) is 0.0370. The molecule has 0 aromatic heterocycles. The third-order valence-corrected chi connectivity index (χ3v) is 10.6. The van der Waals surface area contributed by atoms with Gasteiger partial charge in [-0.05, 0) is 57.8 Å².